The minimum absolute atomic E-state index is 0.0113. The van der Waals surface area contributed by atoms with Gasteiger partial charge in [-0.15, -0.1) is 11.6 Å². The smallest absolute Gasteiger partial charge is 0.338 e. The maximum atomic E-state index is 11.8. The number of hydrogen-bond donors (Lipinski definition) is 1. The molecule has 2 aromatic rings. The first-order valence-electron chi connectivity index (χ1n) is 7.20. The number of carbonyl (C=O) groups excluding carboxylic acids is 1. The van der Waals surface area contributed by atoms with E-state index in [1.807, 2.05) is 0 Å². The first-order chi connectivity index (χ1) is 11.9. The molecule has 1 N–H and O–H groups in total. The van der Waals surface area contributed by atoms with Crippen LogP contribution in [-0.4, -0.2) is 35.4 Å². The average Bonchev–Trinajstić information content (AvgIpc) is 3.01. The lowest BCUT2D eigenvalue weighted by molar-refractivity contribution is -0.384. The van der Waals surface area contributed by atoms with E-state index in [9.17, 15) is 25.0 Å². The molecule has 0 aromatic heterocycles. The van der Waals surface area contributed by atoms with Gasteiger partial charge in [0, 0.05) is 36.2 Å². The van der Waals surface area contributed by atoms with E-state index < -0.39 is 21.5 Å². The Morgan fingerprint density at radius 3 is 2.52 bits per heavy atom. The highest BCUT2D eigenvalue weighted by atomic mass is 35.5. The Morgan fingerprint density at radius 1 is 1.28 bits per heavy atom. The summed E-state index contributed by atoms with van der Waals surface area (Å²) in [7, 11) is 1.13. The van der Waals surface area contributed by atoms with Gasteiger partial charge in [0.15, 0.2) is 0 Å². The molecule has 0 fully saturated rings. The minimum Gasteiger partial charge on any atom is -0.465 e. The molecule has 0 radical (unpaired) electrons. The van der Waals surface area contributed by atoms with E-state index in [0.717, 1.165) is 13.2 Å². The van der Waals surface area contributed by atoms with Crippen LogP contribution in [0.1, 0.15) is 21.8 Å². The number of hydrogen-bond acceptors (Lipinski definition) is 7. The number of fused-ring (bicyclic) bond motifs is 3. The number of alkyl halides is 1. The molecule has 1 heterocycles. The molecule has 3 rings (SSSR count). The Morgan fingerprint density at radius 2 is 1.96 bits per heavy atom. The third-order valence-corrected chi connectivity index (χ3v) is 4.55. The van der Waals surface area contributed by atoms with Crippen LogP contribution in [0.4, 0.5) is 17.1 Å². The summed E-state index contributed by atoms with van der Waals surface area (Å²) in [6, 6.07) is 3.63. The highest BCUT2D eigenvalue weighted by Crippen LogP contribution is 2.46. The summed E-state index contributed by atoms with van der Waals surface area (Å²) in [6.07, 6.45) is 0. The molecule has 9 nitrogen and oxygen atoms in total. The number of benzene rings is 2. The summed E-state index contributed by atoms with van der Waals surface area (Å²) < 4.78 is 4.59. The van der Waals surface area contributed by atoms with Gasteiger partial charge < -0.3 is 10.1 Å². The van der Waals surface area contributed by atoms with Crippen molar-refractivity contribution < 1.29 is 19.4 Å². The van der Waals surface area contributed by atoms with Crippen LogP contribution in [-0.2, 0) is 4.74 Å². The monoisotopic (exact) mass is 365 g/mol. The number of nitro groups is 2. The van der Waals surface area contributed by atoms with Crippen LogP contribution in [0.3, 0.4) is 0 Å². The normalized spacial score (nSPS) is 15.5. The van der Waals surface area contributed by atoms with Gasteiger partial charge in [-0.25, -0.2) is 4.79 Å². The Hall–Kier alpha value is -2.94. The van der Waals surface area contributed by atoms with Crippen molar-refractivity contribution in [2.75, 3.05) is 24.9 Å². The van der Waals surface area contributed by atoms with Gasteiger partial charge in [-0.3, -0.25) is 20.2 Å². The number of carbonyl (C=O) groups is 1. The van der Waals surface area contributed by atoms with Crippen molar-refractivity contribution in [1.29, 1.82) is 0 Å². The van der Waals surface area contributed by atoms with Crippen LogP contribution in [0, 0.1) is 20.2 Å². The molecule has 0 aliphatic carbocycles. The number of nitrogens with one attached hydrogen (secondary N) is 1. The molecule has 25 heavy (non-hydrogen) atoms. The molecular formula is C15H12ClN3O6. The number of esters is 1. The number of nitro benzene ring substituents is 2. The average molecular weight is 366 g/mol. The molecule has 130 valence electrons. The summed E-state index contributed by atoms with van der Waals surface area (Å²) in [5.41, 5.74) is 0.151. The molecule has 0 bridgehead atoms. The third-order valence-electron chi connectivity index (χ3n) is 4.18. The van der Waals surface area contributed by atoms with Gasteiger partial charge in [0.2, 0.25) is 0 Å². The second kappa shape index (κ2) is 6.17. The Balaban J connectivity index is 2.50. The SMILES string of the molecule is COC(=O)c1cc([N+](=O)[O-])c2c3c(cc([N+](=O)[O-])c2c1)NCC3CCl. The Kier molecular flexibility index (Phi) is 4.17. The van der Waals surface area contributed by atoms with E-state index in [-0.39, 0.29) is 33.8 Å². The predicted octanol–water partition coefficient (Wildman–Crippen LogP) is 3.19. The van der Waals surface area contributed by atoms with Gasteiger partial charge in [-0.2, -0.15) is 0 Å². The number of non-ortho nitro benzene ring substituents is 2. The second-order valence-electron chi connectivity index (χ2n) is 5.51. The summed E-state index contributed by atoms with van der Waals surface area (Å²) in [6.45, 7) is 0.422. The van der Waals surface area contributed by atoms with Gasteiger partial charge in [-0.05, 0) is 11.6 Å². The molecule has 10 heteroatoms. The number of rotatable bonds is 4. The zero-order chi connectivity index (χ0) is 18.3. The van der Waals surface area contributed by atoms with E-state index in [0.29, 0.717) is 17.8 Å². The number of methoxy groups -OCH3 is 1. The van der Waals surface area contributed by atoms with Crippen molar-refractivity contribution >= 4 is 45.4 Å². The maximum Gasteiger partial charge on any atom is 0.338 e. The molecule has 0 amide bonds. The summed E-state index contributed by atoms with van der Waals surface area (Å²) in [5, 5.41) is 26.2. The first-order valence-corrected chi connectivity index (χ1v) is 7.74. The second-order valence-corrected chi connectivity index (χ2v) is 5.82. The van der Waals surface area contributed by atoms with Crippen molar-refractivity contribution in [1.82, 2.24) is 0 Å². The lowest BCUT2D eigenvalue weighted by atomic mass is 9.92. The quantitative estimate of drug-likeness (QED) is 0.381. The fraction of sp³-hybridized carbons (Fsp3) is 0.267. The molecule has 1 aliphatic rings. The highest BCUT2D eigenvalue weighted by molar-refractivity contribution is 6.19. The molecule has 0 saturated carbocycles. The summed E-state index contributed by atoms with van der Waals surface area (Å²) >= 11 is 5.96. The molecule has 1 atom stereocenters. The highest BCUT2D eigenvalue weighted by Gasteiger charge is 2.33. The van der Waals surface area contributed by atoms with Crippen LogP contribution < -0.4 is 5.32 Å². The van der Waals surface area contributed by atoms with Gasteiger partial charge >= 0.3 is 5.97 Å². The van der Waals surface area contributed by atoms with Crippen molar-refractivity contribution in [2.24, 2.45) is 0 Å². The van der Waals surface area contributed by atoms with Crippen molar-refractivity contribution in [3.63, 3.8) is 0 Å². The fourth-order valence-electron chi connectivity index (χ4n) is 3.11. The van der Waals surface area contributed by atoms with E-state index in [4.69, 9.17) is 11.6 Å². The van der Waals surface area contributed by atoms with Gasteiger partial charge in [-0.1, -0.05) is 0 Å². The number of nitrogens with zero attached hydrogens (tertiary/aromatic N) is 2. The zero-order valence-electron chi connectivity index (χ0n) is 12.9. The molecule has 0 saturated heterocycles. The lowest BCUT2D eigenvalue weighted by Crippen LogP contribution is -2.06. The van der Waals surface area contributed by atoms with Crippen molar-refractivity contribution in [3.8, 4) is 0 Å². The maximum absolute atomic E-state index is 11.8. The van der Waals surface area contributed by atoms with Crippen LogP contribution in [0.25, 0.3) is 10.8 Å². The topological polar surface area (TPSA) is 125 Å². The van der Waals surface area contributed by atoms with Crippen molar-refractivity contribution in [2.45, 2.75) is 5.92 Å². The minimum atomic E-state index is -0.813. The van der Waals surface area contributed by atoms with E-state index in [2.05, 4.69) is 10.1 Å². The van der Waals surface area contributed by atoms with E-state index in [1.165, 1.54) is 12.1 Å². The third kappa shape index (κ3) is 2.62. The number of halogens is 1. The van der Waals surface area contributed by atoms with Gasteiger partial charge in [0.05, 0.1) is 33.3 Å². The van der Waals surface area contributed by atoms with Gasteiger partial charge in [0.25, 0.3) is 11.4 Å². The van der Waals surface area contributed by atoms with Crippen LogP contribution >= 0.6 is 11.6 Å². The Labute approximate surface area is 145 Å². The predicted molar refractivity (Wildman–Crippen MR) is 90.5 cm³/mol. The Bertz CT molecular complexity index is 929. The molecule has 1 aliphatic heterocycles. The van der Waals surface area contributed by atoms with E-state index >= 15 is 0 Å². The summed E-state index contributed by atoms with van der Waals surface area (Å²) in [5.74, 6) is -0.850. The van der Waals surface area contributed by atoms with Crippen LogP contribution in [0.2, 0.25) is 0 Å². The number of anilines is 1. The van der Waals surface area contributed by atoms with E-state index in [1.54, 1.807) is 0 Å². The zero-order valence-corrected chi connectivity index (χ0v) is 13.7. The lowest BCUT2D eigenvalue weighted by Gasteiger charge is -2.12. The van der Waals surface area contributed by atoms with Crippen LogP contribution in [0.5, 0.6) is 0 Å². The molecule has 2 aromatic carbocycles. The number of ether oxygens (including phenoxy) is 1. The largest absolute Gasteiger partial charge is 0.465 e. The van der Waals surface area contributed by atoms with Crippen molar-refractivity contribution in [3.05, 3.63) is 49.6 Å². The van der Waals surface area contributed by atoms with Crippen LogP contribution in [0.15, 0.2) is 18.2 Å². The molecule has 1 unspecified atom stereocenters. The standard InChI is InChI=1S/C15H12ClN3O6/c1-25-15(20)7-2-9-11(18(21)22)4-10-13(8(5-16)6-17-10)14(9)12(3-7)19(23)24/h2-4,8,17H,5-6H2,1H3. The molecular weight excluding hydrogens is 354 g/mol. The molecule has 0 spiro atoms. The fourth-order valence-corrected chi connectivity index (χ4v) is 3.37. The summed E-state index contributed by atoms with van der Waals surface area (Å²) in [4.78, 5) is 33.6. The first kappa shape index (κ1) is 16.9. The van der Waals surface area contributed by atoms with Gasteiger partial charge in [0.1, 0.15) is 0 Å².